The van der Waals surface area contributed by atoms with Crippen LogP contribution in [0.25, 0.3) is 17.4 Å². The predicted octanol–water partition coefficient (Wildman–Crippen LogP) is 4.63. The minimum atomic E-state index is -1.00. The Balaban J connectivity index is 1.57. The standard InChI is InChI=1S/C25H20N2O6/c1-3-32-25(31)18-5-4-6-19(13-18)27-23(28)21(15(2)26-27)14-20-11-12-22(33-20)16-7-9-17(10-8-16)24(29)30/h4-14H,3H2,1-2H3,(H,29,30). The number of carbonyl (C=O) groups excluding carboxylic acids is 2. The Labute approximate surface area is 189 Å². The van der Waals surface area contributed by atoms with E-state index >= 15 is 0 Å². The van der Waals surface area contributed by atoms with Gasteiger partial charge < -0.3 is 14.3 Å². The number of ether oxygens (including phenoxy) is 1. The zero-order chi connectivity index (χ0) is 23.5. The number of nitrogens with zero attached hydrogens (tertiary/aromatic N) is 2. The number of amides is 1. The van der Waals surface area contributed by atoms with Gasteiger partial charge in [-0.25, -0.2) is 9.59 Å². The molecule has 0 unspecified atom stereocenters. The highest BCUT2D eigenvalue weighted by Crippen LogP contribution is 2.28. The normalized spacial score (nSPS) is 14.5. The molecule has 8 nitrogen and oxygen atoms in total. The molecule has 4 rings (SSSR count). The third kappa shape index (κ3) is 4.45. The molecule has 0 aliphatic carbocycles. The Morgan fingerprint density at radius 2 is 1.85 bits per heavy atom. The van der Waals surface area contributed by atoms with Gasteiger partial charge in [0, 0.05) is 5.56 Å². The summed E-state index contributed by atoms with van der Waals surface area (Å²) >= 11 is 0. The lowest BCUT2D eigenvalue weighted by Gasteiger charge is -2.12. The fourth-order valence-corrected chi connectivity index (χ4v) is 3.34. The molecular formula is C25H20N2O6. The second-order valence-corrected chi connectivity index (χ2v) is 7.22. The number of carboxylic acid groups (broad SMARTS) is 1. The molecule has 2 aromatic carbocycles. The van der Waals surface area contributed by atoms with Gasteiger partial charge in [-0.2, -0.15) is 10.1 Å². The van der Waals surface area contributed by atoms with Crippen LogP contribution in [-0.2, 0) is 9.53 Å². The van der Waals surface area contributed by atoms with E-state index in [1.807, 2.05) is 0 Å². The van der Waals surface area contributed by atoms with Gasteiger partial charge in [-0.3, -0.25) is 4.79 Å². The first kappa shape index (κ1) is 21.8. The van der Waals surface area contributed by atoms with Gasteiger partial charge in [-0.05, 0) is 62.4 Å². The molecule has 2 heterocycles. The molecule has 0 spiro atoms. The van der Waals surface area contributed by atoms with Crippen molar-refractivity contribution in [2.45, 2.75) is 13.8 Å². The largest absolute Gasteiger partial charge is 0.478 e. The van der Waals surface area contributed by atoms with E-state index < -0.39 is 11.9 Å². The number of carboxylic acids is 1. The molecule has 0 radical (unpaired) electrons. The smallest absolute Gasteiger partial charge is 0.338 e. The second kappa shape index (κ2) is 8.96. The predicted molar refractivity (Wildman–Crippen MR) is 122 cm³/mol. The van der Waals surface area contributed by atoms with Crippen LogP contribution in [0, 0.1) is 0 Å². The molecular weight excluding hydrogens is 424 g/mol. The van der Waals surface area contributed by atoms with E-state index in [1.165, 1.54) is 17.1 Å². The van der Waals surface area contributed by atoms with Crippen molar-refractivity contribution < 1.29 is 28.6 Å². The van der Waals surface area contributed by atoms with E-state index in [4.69, 9.17) is 14.3 Å². The number of benzene rings is 2. The molecule has 1 aliphatic rings. The summed E-state index contributed by atoms with van der Waals surface area (Å²) < 4.78 is 10.9. The fraction of sp³-hybridized carbons (Fsp3) is 0.120. The van der Waals surface area contributed by atoms with Crippen molar-refractivity contribution in [1.82, 2.24) is 0 Å². The van der Waals surface area contributed by atoms with Gasteiger partial charge in [0.15, 0.2) is 0 Å². The molecule has 1 N–H and O–H groups in total. The summed E-state index contributed by atoms with van der Waals surface area (Å²) in [6.07, 6.45) is 1.60. The number of hydrogen-bond acceptors (Lipinski definition) is 6. The molecule has 0 saturated carbocycles. The van der Waals surface area contributed by atoms with Gasteiger partial charge in [0.05, 0.1) is 34.7 Å². The van der Waals surface area contributed by atoms with Crippen LogP contribution >= 0.6 is 0 Å². The first-order chi connectivity index (χ1) is 15.9. The summed E-state index contributed by atoms with van der Waals surface area (Å²) in [4.78, 5) is 36.1. The van der Waals surface area contributed by atoms with Crippen LogP contribution < -0.4 is 5.01 Å². The zero-order valence-electron chi connectivity index (χ0n) is 17.9. The second-order valence-electron chi connectivity index (χ2n) is 7.22. The quantitative estimate of drug-likeness (QED) is 0.439. The molecule has 0 bridgehead atoms. The molecule has 3 aromatic rings. The molecule has 8 heteroatoms. The van der Waals surface area contributed by atoms with Crippen molar-refractivity contribution in [3.8, 4) is 11.3 Å². The van der Waals surface area contributed by atoms with Crippen molar-refractivity contribution in [1.29, 1.82) is 0 Å². The lowest BCUT2D eigenvalue weighted by Crippen LogP contribution is -2.21. The number of hydrogen-bond donors (Lipinski definition) is 1. The minimum Gasteiger partial charge on any atom is -0.478 e. The number of aromatic carboxylic acids is 1. The van der Waals surface area contributed by atoms with Crippen molar-refractivity contribution in [3.63, 3.8) is 0 Å². The average Bonchev–Trinajstić information content (AvgIpc) is 3.40. The SMILES string of the molecule is CCOC(=O)c1cccc(N2N=C(C)C(=Cc3ccc(-c4ccc(C(=O)O)cc4)o3)C2=O)c1. The molecule has 0 saturated heterocycles. The maximum atomic E-state index is 13.0. The summed E-state index contributed by atoms with van der Waals surface area (Å²) in [7, 11) is 0. The third-order valence-electron chi connectivity index (χ3n) is 4.99. The Kier molecular flexibility index (Phi) is 5.91. The van der Waals surface area contributed by atoms with Gasteiger partial charge in [-0.15, -0.1) is 0 Å². The highest BCUT2D eigenvalue weighted by atomic mass is 16.5. The van der Waals surface area contributed by atoms with Gasteiger partial charge in [0.1, 0.15) is 11.5 Å². The summed E-state index contributed by atoms with van der Waals surface area (Å²) in [5.41, 5.74) is 2.54. The number of rotatable bonds is 6. The first-order valence-electron chi connectivity index (χ1n) is 10.2. The number of esters is 1. The van der Waals surface area contributed by atoms with Crippen molar-refractivity contribution in [3.05, 3.63) is 83.1 Å². The summed E-state index contributed by atoms with van der Waals surface area (Å²) in [5, 5.41) is 14.6. The molecule has 1 aromatic heterocycles. The number of anilines is 1. The number of carbonyl (C=O) groups is 3. The molecule has 1 amide bonds. The van der Waals surface area contributed by atoms with E-state index in [9.17, 15) is 14.4 Å². The lowest BCUT2D eigenvalue weighted by molar-refractivity contribution is -0.114. The summed E-state index contributed by atoms with van der Waals surface area (Å²) in [6, 6.07) is 16.3. The fourth-order valence-electron chi connectivity index (χ4n) is 3.34. The molecule has 0 atom stereocenters. The third-order valence-corrected chi connectivity index (χ3v) is 4.99. The Bertz CT molecular complexity index is 1300. The van der Waals surface area contributed by atoms with E-state index in [0.29, 0.717) is 39.6 Å². The molecule has 166 valence electrons. The Hall–Kier alpha value is -4.46. The minimum absolute atomic E-state index is 0.183. The van der Waals surface area contributed by atoms with Gasteiger partial charge in [-0.1, -0.05) is 18.2 Å². The molecule has 33 heavy (non-hydrogen) atoms. The summed E-state index contributed by atoms with van der Waals surface area (Å²) in [5.74, 6) is -0.831. The average molecular weight is 444 g/mol. The molecule has 0 fully saturated rings. The Morgan fingerprint density at radius 3 is 2.55 bits per heavy atom. The van der Waals surface area contributed by atoms with Gasteiger partial charge in [0.2, 0.25) is 0 Å². The van der Waals surface area contributed by atoms with Crippen molar-refractivity contribution in [2.24, 2.45) is 5.10 Å². The van der Waals surface area contributed by atoms with Crippen molar-refractivity contribution in [2.75, 3.05) is 11.6 Å². The van der Waals surface area contributed by atoms with Gasteiger partial charge in [0.25, 0.3) is 5.91 Å². The Morgan fingerprint density at radius 1 is 1.09 bits per heavy atom. The topological polar surface area (TPSA) is 109 Å². The highest BCUT2D eigenvalue weighted by Gasteiger charge is 2.29. The van der Waals surface area contributed by atoms with Crippen LogP contribution in [0.5, 0.6) is 0 Å². The van der Waals surface area contributed by atoms with Crippen LogP contribution in [0.1, 0.15) is 40.3 Å². The van der Waals surface area contributed by atoms with E-state index in [2.05, 4.69) is 5.10 Å². The van der Waals surface area contributed by atoms with E-state index in [0.717, 1.165) is 0 Å². The summed E-state index contributed by atoms with van der Waals surface area (Å²) in [6.45, 7) is 3.69. The monoisotopic (exact) mass is 444 g/mol. The number of furan rings is 1. The lowest BCUT2D eigenvalue weighted by atomic mass is 10.1. The number of hydrazone groups is 1. The van der Waals surface area contributed by atoms with Crippen molar-refractivity contribution >= 4 is 35.3 Å². The zero-order valence-corrected chi connectivity index (χ0v) is 17.9. The van der Waals surface area contributed by atoms with Crippen LogP contribution in [0.4, 0.5) is 5.69 Å². The van der Waals surface area contributed by atoms with E-state index in [-0.39, 0.29) is 18.1 Å². The van der Waals surface area contributed by atoms with Crippen LogP contribution in [0.2, 0.25) is 0 Å². The van der Waals surface area contributed by atoms with Crippen LogP contribution in [0.3, 0.4) is 0 Å². The van der Waals surface area contributed by atoms with Gasteiger partial charge >= 0.3 is 11.9 Å². The van der Waals surface area contributed by atoms with Crippen LogP contribution in [0.15, 0.2) is 75.8 Å². The van der Waals surface area contributed by atoms with E-state index in [1.54, 1.807) is 68.5 Å². The first-order valence-corrected chi connectivity index (χ1v) is 10.2. The molecule has 1 aliphatic heterocycles. The highest BCUT2D eigenvalue weighted by molar-refractivity contribution is 6.32. The maximum Gasteiger partial charge on any atom is 0.338 e. The maximum absolute atomic E-state index is 13.0. The van der Waals surface area contributed by atoms with Crippen LogP contribution in [-0.4, -0.2) is 35.3 Å².